The van der Waals surface area contributed by atoms with Gasteiger partial charge in [-0.25, -0.2) is 0 Å². The lowest BCUT2D eigenvalue weighted by Crippen LogP contribution is -2.24. The average Bonchev–Trinajstić information content (AvgIpc) is 3.35. The van der Waals surface area contributed by atoms with Crippen molar-refractivity contribution in [1.82, 2.24) is 10.2 Å². The number of amides is 2. The monoisotopic (exact) mass is 373 g/mol. The Labute approximate surface area is 160 Å². The minimum Gasteiger partial charge on any atom is -0.407 e. The molecule has 8 nitrogen and oxygen atoms in total. The van der Waals surface area contributed by atoms with E-state index >= 15 is 0 Å². The van der Waals surface area contributed by atoms with Crippen LogP contribution in [0.3, 0.4) is 0 Å². The van der Waals surface area contributed by atoms with Crippen LogP contribution in [0.2, 0.25) is 0 Å². The third-order valence-electron chi connectivity index (χ3n) is 4.48. The molecule has 0 saturated carbocycles. The molecule has 1 N–H and O–H groups in total. The molecule has 2 heterocycles. The molecule has 0 spiro atoms. The van der Waals surface area contributed by atoms with E-state index in [1.54, 1.807) is 29.2 Å². The smallest absolute Gasteiger partial charge is 0.322 e. The fraction of sp³-hybridized carbons (Fsp3) is 0.150. The summed E-state index contributed by atoms with van der Waals surface area (Å²) in [4.78, 5) is 26.3. The summed E-state index contributed by atoms with van der Waals surface area (Å²) in [5, 5.41) is 19.2. The molecule has 28 heavy (non-hydrogen) atoms. The molecule has 3 aromatic rings. The first kappa shape index (κ1) is 17.4. The Bertz CT molecular complexity index is 1050. The maximum atomic E-state index is 12.3. The highest BCUT2D eigenvalue weighted by molar-refractivity contribution is 6.03. The Morgan fingerprint density at radius 1 is 1.14 bits per heavy atom. The second kappa shape index (κ2) is 7.32. The molecule has 1 saturated heterocycles. The molecular formula is C20H15N5O3. The Morgan fingerprint density at radius 3 is 2.61 bits per heavy atom. The topological polar surface area (TPSA) is 112 Å². The first-order valence-electron chi connectivity index (χ1n) is 8.64. The molecule has 138 valence electrons. The molecule has 1 fully saturated rings. The minimum absolute atomic E-state index is 0.0161. The first-order chi connectivity index (χ1) is 13.6. The van der Waals surface area contributed by atoms with Gasteiger partial charge in [-0.3, -0.25) is 14.9 Å². The number of carbonyl (C=O) groups excluding carboxylic acids is 2. The standard InChI is InChI=1S/C20H15N5O3/c21-11-13-6-8-14(9-7-13)18(27)22-20-24-23-19(28-20)15-10-17(26)25(12-15)16-4-2-1-3-5-16/h1-9,15H,10,12H2,(H,22,24,27). The predicted octanol–water partition coefficient (Wildman–Crippen LogP) is 2.71. The van der Waals surface area contributed by atoms with Crippen molar-refractivity contribution in [2.75, 3.05) is 16.8 Å². The zero-order valence-electron chi connectivity index (χ0n) is 14.7. The summed E-state index contributed by atoms with van der Waals surface area (Å²) >= 11 is 0. The maximum Gasteiger partial charge on any atom is 0.322 e. The molecule has 1 aliphatic heterocycles. The van der Waals surface area contributed by atoms with E-state index < -0.39 is 5.91 Å². The number of anilines is 2. The van der Waals surface area contributed by atoms with Gasteiger partial charge in [-0.1, -0.05) is 23.3 Å². The van der Waals surface area contributed by atoms with E-state index in [-0.39, 0.29) is 24.3 Å². The third-order valence-corrected chi connectivity index (χ3v) is 4.48. The van der Waals surface area contributed by atoms with Gasteiger partial charge in [0.05, 0.1) is 17.6 Å². The number of nitriles is 1. The van der Waals surface area contributed by atoms with Crippen molar-refractivity contribution >= 4 is 23.5 Å². The van der Waals surface area contributed by atoms with Crippen molar-refractivity contribution in [2.45, 2.75) is 12.3 Å². The number of hydrogen-bond acceptors (Lipinski definition) is 6. The SMILES string of the molecule is N#Cc1ccc(C(=O)Nc2nnc(C3CC(=O)N(c4ccccc4)C3)o2)cc1. The molecule has 0 aliphatic carbocycles. The molecule has 4 rings (SSSR count). The van der Waals surface area contributed by atoms with Gasteiger partial charge >= 0.3 is 6.01 Å². The van der Waals surface area contributed by atoms with Crippen LogP contribution in [0.15, 0.2) is 59.0 Å². The summed E-state index contributed by atoms with van der Waals surface area (Å²) in [6, 6.07) is 17.5. The van der Waals surface area contributed by atoms with Crippen LogP contribution in [-0.2, 0) is 4.79 Å². The summed E-state index contributed by atoms with van der Waals surface area (Å²) in [6.07, 6.45) is 0.264. The number of rotatable bonds is 4. The highest BCUT2D eigenvalue weighted by Gasteiger charge is 2.35. The maximum absolute atomic E-state index is 12.3. The molecule has 1 aliphatic rings. The largest absolute Gasteiger partial charge is 0.407 e. The molecule has 1 unspecified atom stereocenters. The van der Waals surface area contributed by atoms with Crippen LogP contribution in [0.5, 0.6) is 0 Å². The highest BCUT2D eigenvalue weighted by Crippen LogP contribution is 2.31. The van der Waals surface area contributed by atoms with E-state index in [0.717, 1.165) is 5.69 Å². The van der Waals surface area contributed by atoms with Gasteiger partial charge in [-0.15, -0.1) is 5.10 Å². The highest BCUT2D eigenvalue weighted by atomic mass is 16.4. The van der Waals surface area contributed by atoms with Crippen LogP contribution < -0.4 is 10.2 Å². The van der Waals surface area contributed by atoms with E-state index in [1.165, 1.54) is 0 Å². The number of hydrogen-bond donors (Lipinski definition) is 1. The van der Waals surface area contributed by atoms with E-state index in [4.69, 9.17) is 9.68 Å². The van der Waals surface area contributed by atoms with Crippen molar-refractivity contribution in [1.29, 1.82) is 5.26 Å². The normalized spacial score (nSPS) is 16.0. The molecule has 0 bridgehead atoms. The van der Waals surface area contributed by atoms with Crippen LogP contribution in [-0.4, -0.2) is 28.6 Å². The number of carbonyl (C=O) groups is 2. The van der Waals surface area contributed by atoms with Crippen LogP contribution >= 0.6 is 0 Å². The van der Waals surface area contributed by atoms with Gasteiger partial charge < -0.3 is 9.32 Å². The average molecular weight is 373 g/mol. The fourth-order valence-electron chi connectivity index (χ4n) is 3.05. The van der Waals surface area contributed by atoms with Gasteiger partial charge in [0.15, 0.2) is 0 Å². The van der Waals surface area contributed by atoms with Crippen LogP contribution in [0, 0.1) is 11.3 Å². The van der Waals surface area contributed by atoms with Gasteiger partial charge in [0.2, 0.25) is 11.8 Å². The number of aromatic nitrogens is 2. The number of nitrogens with zero attached hydrogens (tertiary/aromatic N) is 4. The Morgan fingerprint density at radius 2 is 1.89 bits per heavy atom. The molecule has 8 heteroatoms. The summed E-state index contributed by atoms with van der Waals surface area (Å²) in [7, 11) is 0. The van der Waals surface area contributed by atoms with Gasteiger partial charge in [0, 0.05) is 24.2 Å². The van der Waals surface area contributed by atoms with E-state index in [1.807, 2.05) is 36.4 Å². The van der Waals surface area contributed by atoms with Gasteiger partial charge in [-0.2, -0.15) is 5.26 Å². The van der Waals surface area contributed by atoms with Crippen molar-refractivity contribution in [3.63, 3.8) is 0 Å². The zero-order chi connectivity index (χ0) is 19.5. The van der Waals surface area contributed by atoms with Gasteiger partial charge in [0.25, 0.3) is 5.91 Å². The van der Waals surface area contributed by atoms with Crippen molar-refractivity contribution in [3.05, 3.63) is 71.6 Å². The summed E-state index contributed by atoms with van der Waals surface area (Å²) in [5.74, 6) is -0.367. The quantitative estimate of drug-likeness (QED) is 0.752. The van der Waals surface area contributed by atoms with Crippen molar-refractivity contribution in [3.8, 4) is 6.07 Å². The molecule has 1 aromatic heterocycles. The molecule has 2 aromatic carbocycles. The Balaban J connectivity index is 1.44. The van der Waals surface area contributed by atoms with Crippen LogP contribution in [0.4, 0.5) is 11.7 Å². The molecule has 0 radical (unpaired) electrons. The zero-order valence-corrected chi connectivity index (χ0v) is 14.7. The third kappa shape index (κ3) is 3.46. The van der Waals surface area contributed by atoms with Gasteiger partial charge in [0.1, 0.15) is 0 Å². The minimum atomic E-state index is -0.423. The van der Waals surface area contributed by atoms with Crippen LogP contribution in [0.25, 0.3) is 0 Å². The summed E-state index contributed by atoms with van der Waals surface area (Å²) < 4.78 is 5.55. The lowest BCUT2D eigenvalue weighted by Gasteiger charge is -2.15. The second-order valence-corrected chi connectivity index (χ2v) is 6.33. The number of benzene rings is 2. The summed E-state index contributed by atoms with van der Waals surface area (Å²) in [5.41, 5.74) is 1.65. The summed E-state index contributed by atoms with van der Waals surface area (Å²) in [6.45, 7) is 0.439. The predicted molar refractivity (Wildman–Crippen MR) is 99.6 cm³/mol. The lowest BCUT2D eigenvalue weighted by atomic mass is 10.1. The lowest BCUT2D eigenvalue weighted by molar-refractivity contribution is -0.117. The second-order valence-electron chi connectivity index (χ2n) is 6.33. The van der Waals surface area contributed by atoms with Crippen molar-refractivity contribution in [2.24, 2.45) is 0 Å². The fourth-order valence-corrected chi connectivity index (χ4v) is 3.05. The number of nitrogens with one attached hydrogen (secondary N) is 1. The molecular weight excluding hydrogens is 358 g/mol. The van der Waals surface area contributed by atoms with Crippen LogP contribution in [0.1, 0.15) is 34.2 Å². The first-order valence-corrected chi connectivity index (χ1v) is 8.64. The van der Waals surface area contributed by atoms with E-state index in [0.29, 0.717) is 23.6 Å². The molecule has 1 atom stereocenters. The van der Waals surface area contributed by atoms with E-state index in [2.05, 4.69) is 15.5 Å². The number of para-hydroxylation sites is 1. The van der Waals surface area contributed by atoms with Crippen molar-refractivity contribution < 1.29 is 14.0 Å². The van der Waals surface area contributed by atoms with Gasteiger partial charge in [-0.05, 0) is 36.4 Å². The Hall–Kier alpha value is -3.99. The van der Waals surface area contributed by atoms with E-state index in [9.17, 15) is 9.59 Å². The Kier molecular flexibility index (Phi) is 4.56. The molecule has 2 amide bonds.